The van der Waals surface area contributed by atoms with Crippen LogP contribution in [-0.2, 0) is 19.6 Å². The normalized spacial score (nSPS) is 11.2. The molecule has 0 saturated heterocycles. The minimum absolute atomic E-state index is 0.811. The first-order chi connectivity index (χ1) is 9.20. The van der Waals surface area contributed by atoms with Gasteiger partial charge in [-0.3, -0.25) is 4.90 Å². The van der Waals surface area contributed by atoms with E-state index >= 15 is 0 Å². The molecule has 0 saturated carbocycles. The van der Waals surface area contributed by atoms with Crippen LogP contribution in [0, 0.1) is 0 Å². The summed E-state index contributed by atoms with van der Waals surface area (Å²) in [6, 6.07) is 10.3. The molecule has 0 radical (unpaired) electrons. The zero-order chi connectivity index (χ0) is 13.7. The predicted octanol–water partition coefficient (Wildman–Crippen LogP) is 3.39. The van der Waals surface area contributed by atoms with Gasteiger partial charge in [-0.1, -0.05) is 34.1 Å². The molecule has 0 amide bonds. The van der Waals surface area contributed by atoms with Crippen LogP contribution in [0.4, 0.5) is 0 Å². The van der Waals surface area contributed by atoms with Crippen molar-refractivity contribution in [2.24, 2.45) is 0 Å². The molecule has 102 valence electrons. The number of hydrogen-bond acceptors (Lipinski definition) is 3. The van der Waals surface area contributed by atoms with E-state index in [0.717, 1.165) is 29.9 Å². The maximum Gasteiger partial charge on any atom is 0.122 e. The van der Waals surface area contributed by atoms with Crippen LogP contribution in [0.25, 0.3) is 0 Å². The van der Waals surface area contributed by atoms with Crippen LogP contribution in [0.5, 0.6) is 0 Å². The molecule has 0 bridgehead atoms. The van der Waals surface area contributed by atoms with Gasteiger partial charge in [0.2, 0.25) is 0 Å². The van der Waals surface area contributed by atoms with Crippen molar-refractivity contribution < 1.29 is 4.42 Å². The Labute approximate surface area is 122 Å². The van der Waals surface area contributed by atoms with Gasteiger partial charge in [-0.25, -0.2) is 0 Å². The molecule has 2 rings (SSSR count). The van der Waals surface area contributed by atoms with Crippen LogP contribution >= 0.6 is 15.9 Å². The molecule has 0 spiro atoms. The first-order valence-corrected chi connectivity index (χ1v) is 7.12. The number of nitrogens with one attached hydrogen (secondary N) is 1. The van der Waals surface area contributed by atoms with E-state index in [9.17, 15) is 0 Å². The zero-order valence-electron chi connectivity index (χ0n) is 11.3. The average Bonchev–Trinajstić information content (AvgIpc) is 2.80. The van der Waals surface area contributed by atoms with Gasteiger partial charge in [-0.15, -0.1) is 0 Å². The predicted molar refractivity (Wildman–Crippen MR) is 80.8 cm³/mol. The highest BCUT2D eigenvalue weighted by molar-refractivity contribution is 9.10. The molecule has 2 aromatic rings. The lowest BCUT2D eigenvalue weighted by Crippen LogP contribution is -2.18. The molecule has 0 aliphatic heterocycles. The summed E-state index contributed by atoms with van der Waals surface area (Å²) in [7, 11) is 4.05. The third-order valence-corrected chi connectivity index (χ3v) is 3.79. The van der Waals surface area contributed by atoms with E-state index in [2.05, 4.69) is 51.4 Å². The van der Waals surface area contributed by atoms with Crippen molar-refractivity contribution in [2.75, 3.05) is 14.1 Å². The number of benzene rings is 1. The molecule has 1 N–H and O–H groups in total. The summed E-state index contributed by atoms with van der Waals surface area (Å²) in [4.78, 5) is 2.25. The van der Waals surface area contributed by atoms with Gasteiger partial charge in [0, 0.05) is 23.1 Å². The van der Waals surface area contributed by atoms with Gasteiger partial charge in [0.15, 0.2) is 0 Å². The molecule has 19 heavy (non-hydrogen) atoms. The minimum atomic E-state index is 0.811. The van der Waals surface area contributed by atoms with Crippen molar-refractivity contribution in [2.45, 2.75) is 19.6 Å². The second-order valence-electron chi connectivity index (χ2n) is 4.66. The van der Waals surface area contributed by atoms with E-state index in [0.29, 0.717) is 0 Å². The molecule has 1 aromatic carbocycles. The molecule has 1 heterocycles. The van der Waals surface area contributed by atoms with Gasteiger partial charge in [0.1, 0.15) is 5.76 Å². The van der Waals surface area contributed by atoms with Crippen molar-refractivity contribution >= 4 is 15.9 Å². The van der Waals surface area contributed by atoms with Crippen LogP contribution in [0.2, 0.25) is 0 Å². The smallest absolute Gasteiger partial charge is 0.122 e. The Morgan fingerprint density at radius 1 is 1.16 bits per heavy atom. The molecule has 4 heteroatoms. The van der Waals surface area contributed by atoms with Crippen molar-refractivity contribution in [1.82, 2.24) is 10.2 Å². The topological polar surface area (TPSA) is 28.4 Å². The van der Waals surface area contributed by atoms with E-state index in [1.54, 1.807) is 6.26 Å². The fourth-order valence-corrected chi connectivity index (χ4v) is 2.48. The van der Waals surface area contributed by atoms with Crippen molar-refractivity contribution in [3.63, 3.8) is 0 Å². The lowest BCUT2D eigenvalue weighted by atomic mass is 10.2. The van der Waals surface area contributed by atoms with Crippen molar-refractivity contribution in [1.29, 1.82) is 0 Å². The third kappa shape index (κ3) is 3.93. The van der Waals surface area contributed by atoms with E-state index in [1.807, 2.05) is 19.2 Å². The Balaban J connectivity index is 1.99. The fourth-order valence-electron chi connectivity index (χ4n) is 2.07. The fraction of sp³-hybridized carbons (Fsp3) is 0.333. The first kappa shape index (κ1) is 14.3. The second-order valence-corrected chi connectivity index (χ2v) is 5.52. The number of nitrogens with zero attached hydrogens (tertiary/aromatic N) is 1. The molecular weight excluding hydrogens is 304 g/mol. The van der Waals surface area contributed by atoms with Crippen LogP contribution in [-0.4, -0.2) is 19.0 Å². The van der Waals surface area contributed by atoms with Gasteiger partial charge >= 0.3 is 0 Å². The van der Waals surface area contributed by atoms with Gasteiger partial charge < -0.3 is 9.73 Å². The van der Waals surface area contributed by atoms with Crippen molar-refractivity contribution in [3.8, 4) is 0 Å². The number of hydrogen-bond donors (Lipinski definition) is 1. The van der Waals surface area contributed by atoms with Gasteiger partial charge in [-0.05, 0) is 31.8 Å². The molecule has 0 atom stereocenters. The Morgan fingerprint density at radius 2 is 1.95 bits per heavy atom. The minimum Gasteiger partial charge on any atom is -0.468 e. The highest BCUT2D eigenvalue weighted by Crippen LogP contribution is 2.19. The summed E-state index contributed by atoms with van der Waals surface area (Å²) in [6.07, 6.45) is 1.76. The highest BCUT2D eigenvalue weighted by Gasteiger charge is 2.10. The molecule has 0 fully saturated rings. The number of rotatable bonds is 6. The lowest BCUT2D eigenvalue weighted by Gasteiger charge is -2.17. The Hall–Kier alpha value is -1.10. The van der Waals surface area contributed by atoms with Crippen LogP contribution in [0.1, 0.15) is 16.9 Å². The summed E-state index contributed by atoms with van der Waals surface area (Å²) in [6.45, 7) is 2.54. The second kappa shape index (κ2) is 6.89. The molecule has 3 nitrogen and oxygen atoms in total. The van der Waals surface area contributed by atoms with Crippen molar-refractivity contribution in [3.05, 3.63) is 58.0 Å². The highest BCUT2D eigenvalue weighted by atomic mass is 79.9. The van der Waals surface area contributed by atoms with Crippen LogP contribution in [0.15, 0.2) is 45.5 Å². The monoisotopic (exact) mass is 322 g/mol. The number of halogens is 1. The Kier molecular flexibility index (Phi) is 5.19. The summed E-state index contributed by atoms with van der Waals surface area (Å²) < 4.78 is 6.71. The average molecular weight is 323 g/mol. The summed E-state index contributed by atoms with van der Waals surface area (Å²) in [5.74, 6) is 1.03. The van der Waals surface area contributed by atoms with Gasteiger partial charge in [-0.2, -0.15) is 0 Å². The number of furan rings is 1. The summed E-state index contributed by atoms with van der Waals surface area (Å²) in [5, 5.41) is 3.16. The molecular formula is C15H19BrN2O. The molecule has 0 unspecified atom stereocenters. The van der Waals surface area contributed by atoms with Gasteiger partial charge in [0.05, 0.1) is 12.8 Å². The first-order valence-electron chi connectivity index (χ1n) is 6.32. The lowest BCUT2D eigenvalue weighted by molar-refractivity contribution is 0.285. The Morgan fingerprint density at radius 3 is 2.68 bits per heavy atom. The largest absolute Gasteiger partial charge is 0.468 e. The van der Waals surface area contributed by atoms with Gasteiger partial charge in [0.25, 0.3) is 0 Å². The van der Waals surface area contributed by atoms with E-state index in [4.69, 9.17) is 4.42 Å². The molecule has 0 aliphatic carbocycles. The standard InChI is InChI=1S/C15H19BrN2O/c1-17-9-12-7-8-19-15(12)11-18(2)10-13-5-3-4-6-14(13)16/h3-8,17H,9-11H2,1-2H3. The zero-order valence-corrected chi connectivity index (χ0v) is 12.9. The molecule has 0 aliphatic rings. The van der Waals surface area contributed by atoms with Crippen LogP contribution < -0.4 is 5.32 Å². The molecule has 1 aromatic heterocycles. The Bertz CT molecular complexity index is 524. The maximum atomic E-state index is 5.56. The van der Waals surface area contributed by atoms with Crippen LogP contribution in [0.3, 0.4) is 0 Å². The van der Waals surface area contributed by atoms with E-state index in [-0.39, 0.29) is 0 Å². The summed E-state index contributed by atoms with van der Waals surface area (Å²) in [5.41, 5.74) is 2.51. The summed E-state index contributed by atoms with van der Waals surface area (Å²) >= 11 is 3.58. The van der Waals surface area contributed by atoms with E-state index < -0.39 is 0 Å². The quantitative estimate of drug-likeness (QED) is 0.883. The van der Waals surface area contributed by atoms with E-state index in [1.165, 1.54) is 11.1 Å². The third-order valence-electron chi connectivity index (χ3n) is 3.02. The maximum absolute atomic E-state index is 5.56. The SMILES string of the molecule is CNCc1ccoc1CN(C)Cc1ccccc1Br.